The predicted octanol–water partition coefficient (Wildman–Crippen LogP) is 2.76. The van der Waals surface area contributed by atoms with Crippen LogP contribution >= 0.6 is 0 Å². The van der Waals surface area contributed by atoms with Crippen LogP contribution in [0.1, 0.15) is 50.2 Å². The summed E-state index contributed by atoms with van der Waals surface area (Å²) in [5.74, 6) is 1.65. The third-order valence-electron chi connectivity index (χ3n) is 4.08. The molecular weight excluding hydrogens is 296 g/mol. The van der Waals surface area contributed by atoms with Crippen molar-refractivity contribution in [1.82, 2.24) is 20.3 Å². The zero-order valence-electron chi connectivity index (χ0n) is 13.5. The third kappa shape index (κ3) is 4.18. The van der Waals surface area contributed by atoms with Gasteiger partial charge in [0.1, 0.15) is 5.76 Å². The molecule has 1 aliphatic heterocycles. The van der Waals surface area contributed by atoms with Crippen LogP contribution in [0.15, 0.2) is 15.0 Å². The Hall–Kier alpha value is -2.18. The summed E-state index contributed by atoms with van der Waals surface area (Å²) in [5.41, 5.74) is 0.524. The summed E-state index contributed by atoms with van der Waals surface area (Å²) in [4.78, 5) is 14.3. The van der Waals surface area contributed by atoms with Gasteiger partial charge in [-0.1, -0.05) is 24.4 Å². The smallest absolute Gasteiger partial charge is 0.269 e. The molecule has 0 aromatic carbocycles. The van der Waals surface area contributed by atoms with Crippen molar-refractivity contribution in [3.8, 4) is 11.6 Å². The number of hydrogen-bond acceptors (Lipinski definition) is 6. The van der Waals surface area contributed by atoms with E-state index in [0.29, 0.717) is 36.1 Å². The summed E-state index contributed by atoms with van der Waals surface area (Å²) in [5, 5.41) is 11.8. The zero-order chi connectivity index (χ0) is 16.1. The van der Waals surface area contributed by atoms with E-state index in [1.54, 1.807) is 13.0 Å². The van der Waals surface area contributed by atoms with E-state index in [2.05, 4.69) is 15.4 Å². The molecule has 0 bridgehead atoms. The minimum absolute atomic E-state index is 0.170. The summed E-state index contributed by atoms with van der Waals surface area (Å²) in [6.45, 7) is 3.54. The average molecular weight is 318 g/mol. The number of rotatable bonds is 4. The van der Waals surface area contributed by atoms with Crippen molar-refractivity contribution in [2.24, 2.45) is 0 Å². The molecule has 7 heteroatoms. The molecule has 1 aliphatic rings. The van der Waals surface area contributed by atoms with E-state index in [-0.39, 0.29) is 5.91 Å². The first-order valence-corrected chi connectivity index (χ1v) is 8.26. The highest BCUT2D eigenvalue weighted by Gasteiger charge is 2.17. The van der Waals surface area contributed by atoms with Crippen LogP contribution in [0.3, 0.4) is 0 Å². The predicted molar refractivity (Wildman–Crippen MR) is 82.5 cm³/mol. The molecule has 0 aliphatic carbocycles. The first-order chi connectivity index (χ1) is 11.2. The van der Waals surface area contributed by atoms with Gasteiger partial charge in [-0.2, -0.15) is 0 Å². The van der Waals surface area contributed by atoms with Crippen LogP contribution in [-0.4, -0.2) is 39.3 Å². The Morgan fingerprint density at radius 3 is 2.61 bits per heavy atom. The Labute approximate surface area is 135 Å². The minimum Gasteiger partial charge on any atom is -0.419 e. The third-order valence-corrected chi connectivity index (χ3v) is 4.08. The Kier molecular flexibility index (Phi) is 5.05. The zero-order valence-corrected chi connectivity index (χ0v) is 13.5. The summed E-state index contributed by atoms with van der Waals surface area (Å²) in [7, 11) is 0. The standard InChI is InChI=1S/C16H22N4O3/c1-12-11-13(19-23-12)16-18-17-14(22-16)7-8-15(21)20-9-5-3-2-4-6-10-20/h11H,2-10H2,1H3. The second kappa shape index (κ2) is 7.39. The van der Waals surface area contributed by atoms with Gasteiger partial charge in [0, 0.05) is 32.0 Å². The maximum atomic E-state index is 12.3. The summed E-state index contributed by atoms with van der Waals surface area (Å²) < 4.78 is 10.5. The number of hydrogen-bond donors (Lipinski definition) is 0. The fourth-order valence-electron chi connectivity index (χ4n) is 2.79. The molecular formula is C16H22N4O3. The molecule has 2 aromatic heterocycles. The second-order valence-corrected chi connectivity index (χ2v) is 5.97. The fourth-order valence-corrected chi connectivity index (χ4v) is 2.79. The van der Waals surface area contributed by atoms with Gasteiger partial charge in [-0.05, 0) is 19.8 Å². The molecule has 0 N–H and O–H groups in total. The van der Waals surface area contributed by atoms with E-state index in [1.807, 2.05) is 4.90 Å². The molecule has 0 atom stereocenters. The van der Waals surface area contributed by atoms with Crippen LogP contribution in [0.2, 0.25) is 0 Å². The minimum atomic E-state index is 0.170. The molecule has 1 amide bonds. The van der Waals surface area contributed by atoms with Gasteiger partial charge >= 0.3 is 0 Å². The average Bonchev–Trinajstić information content (AvgIpc) is 3.13. The maximum Gasteiger partial charge on any atom is 0.269 e. The van der Waals surface area contributed by atoms with E-state index in [4.69, 9.17) is 8.94 Å². The van der Waals surface area contributed by atoms with E-state index in [1.165, 1.54) is 19.3 Å². The van der Waals surface area contributed by atoms with Gasteiger partial charge in [0.2, 0.25) is 11.8 Å². The molecule has 0 radical (unpaired) electrons. The van der Waals surface area contributed by atoms with Crippen molar-refractivity contribution in [1.29, 1.82) is 0 Å². The topological polar surface area (TPSA) is 85.3 Å². The molecule has 0 spiro atoms. The molecule has 23 heavy (non-hydrogen) atoms. The first-order valence-electron chi connectivity index (χ1n) is 8.26. The SMILES string of the molecule is Cc1cc(-c2nnc(CCC(=O)N3CCCCCCC3)o2)no1. The largest absolute Gasteiger partial charge is 0.419 e. The lowest BCUT2D eigenvalue weighted by atomic mass is 10.1. The molecule has 7 nitrogen and oxygen atoms in total. The number of amides is 1. The maximum absolute atomic E-state index is 12.3. The van der Waals surface area contributed by atoms with Crippen molar-refractivity contribution in [2.75, 3.05) is 13.1 Å². The summed E-state index contributed by atoms with van der Waals surface area (Å²) in [6.07, 6.45) is 6.78. The Morgan fingerprint density at radius 1 is 1.17 bits per heavy atom. The summed E-state index contributed by atoms with van der Waals surface area (Å²) >= 11 is 0. The highest BCUT2D eigenvalue weighted by molar-refractivity contribution is 5.76. The van der Waals surface area contributed by atoms with Gasteiger partial charge in [-0.25, -0.2) is 0 Å². The van der Waals surface area contributed by atoms with Crippen LogP contribution in [0.5, 0.6) is 0 Å². The quantitative estimate of drug-likeness (QED) is 0.861. The van der Waals surface area contributed by atoms with Gasteiger partial charge in [-0.15, -0.1) is 10.2 Å². The molecule has 3 rings (SSSR count). The number of carbonyl (C=O) groups is 1. The highest BCUT2D eigenvalue weighted by atomic mass is 16.5. The molecule has 0 unspecified atom stereocenters. The van der Waals surface area contributed by atoms with Gasteiger partial charge < -0.3 is 13.8 Å². The van der Waals surface area contributed by atoms with Crippen molar-refractivity contribution in [2.45, 2.75) is 51.9 Å². The van der Waals surface area contributed by atoms with Crippen LogP contribution in [-0.2, 0) is 11.2 Å². The van der Waals surface area contributed by atoms with Gasteiger partial charge in [0.15, 0.2) is 5.69 Å². The van der Waals surface area contributed by atoms with Crippen molar-refractivity contribution >= 4 is 5.91 Å². The lowest BCUT2D eigenvalue weighted by Gasteiger charge is -2.24. The number of likely N-dealkylation sites (tertiary alicyclic amines) is 1. The molecule has 124 valence electrons. The molecule has 0 saturated carbocycles. The number of aromatic nitrogens is 3. The highest BCUT2D eigenvalue weighted by Crippen LogP contribution is 2.18. The number of aryl methyl sites for hydroxylation is 2. The monoisotopic (exact) mass is 318 g/mol. The van der Waals surface area contributed by atoms with Crippen molar-refractivity contribution in [3.05, 3.63) is 17.7 Å². The van der Waals surface area contributed by atoms with Crippen LogP contribution in [0.4, 0.5) is 0 Å². The molecule has 1 fully saturated rings. The van der Waals surface area contributed by atoms with Crippen LogP contribution in [0, 0.1) is 6.92 Å². The van der Waals surface area contributed by atoms with Crippen LogP contribution < -0.4 is 0 Å². The normalized spacial score (nSPS) is 16.1. The van der Waals surface area contributed by atoms with Crippen LogP contribution in [0.25, 0.3) is 11.6 Å². The summed E-state index contributed by atoms with van der Waals surface area (Å²) in [6, 6.07) is 1.74. The second-order valence-electron chi connectivity index (χ2n) is 5.97. The van der Waals surface area contributed by atoms with E-state index >= 15 is 0 Å². The van der Waals surface area contributed by atoms with E-state index < -0.39 is 0 Å². The van der Waals surface area contributed by atoms with Gasteiger partial charge in [0.25, 0.3) is 5.89 Å². The molecule has 3 heterocycles. The molecule has 1 saturated heterocycles. The fraction of sp³-hybridized carbons (Fsp3) is 0.625. The lowest BCUT2D eigenvalue weighted by Crippen LogP contribution is -2.33. The van der Waals surface area contributed by atoms with Gasteiger partial charge in [-0.3, -0.25) is 4.79 Å². The number of nitrogens with zero attached hydrogens (tertiary/aromatic N) is 4. The van der Waals surface area contributed by atoms with Crippen molar-refractivity contribution in [3.63, 3.8) is 0 Å². The van der Waals surface area contributed by atoms with E-state index in [0.717, 1.165) is 25.9 Å². The van der Waals surface area contributed by atoms with E-state index in [9.17, 15) is 4.79 Å². The number of carbonyl (C=O) groups excluding carboxylic acids is 1. The Balaban J connectivity index is 1.53. The Morgan fingerprint density at radius 2 is 1.91 bits per heavy atom. The van der Waals surface area contributed by atoms with Crippen molar-refractivity contribution < 1.29 is 13.7 Å². The Bertz CT molecular complexity index is 641. The first kappa shape index (κ1) is 15.7. The lowest BCUT2D eigenvalue weighted by molar-refractivity contribution is -0.131. The molecule has 2 aromatic rings. The van der Waals surface area contributed by atoms with Gasteiger partial charge in [0.05, 0.1) is 0 Å².